The molecule has 5 heteroatoms. The Morgan fingerprint density at radius 1 is 1.56 bits per heavy atom. The van der Waals surface area contributed by atoms with Gasteiger partial charge in [-0.1, -0.05) is 23.7 Å². The maximum Gasteiger partial charge on any atom is 0.321 e. The number of benzene rings is 1. The lowest BCUT2D eigenvalue weighted by Crippen LogP contribution is -2.33. The minimum absolute atomic E-state index is 0.0640. The number of urea groups is 1. The number of anilines is 1. The molecule has 1 aromatic rings. The van der Waals surface area contributed by atoms with Crippen LogP contribution in [0.3, 0.4) is 0 Å². The number of aliphatic hydroxyl groups is 1. The fourth-order valence-electron chi connectivity index (χ4n) is 1.21. The van der Waals surface area contributed by atoms with Crippen LogP contribution in [-0.2, 0) is 0 Å². The van der Waals surface area contributed by atoms with Crippen molar-refractivity contribution in [3.63, 3.8) is 0 Å². The normalized spacial score (nSPS) is 10.0. The number of nitrogens with one attached hydrogen (secondary N) is 1. The van der Waals surface area contributed by atoms with Crippen LogP contribution in [-0.4, -0.2) is 36.2 Å². The van der Waals surface area contributed by atoms with E-state index in [9.17, 15) is 4.79 Å². The standard InChI is InChI=1S/C11H15ClN2O2/c1-8-4-3-5-9(10(8)12)13-11(16)14(2)6-7-15/h3-5,15H,6-7H2,1-2H3,(H,13,16). The molecule has 0 heterocycles. The molecule has 0 fully saturated rings. The van der Waals surface area contributed by atoms with Gasteiger partial charge in [-0.05, 0) is 18.6 Å². The van der Waals surface area contributed by atoms with Crippen molar-refractivity contribution >= 4 is 23.3 Å². The van der Waals surface area contributed by atoms with Gasteiger partial charge in [0.1, 0.15) is 0 Å². The van der Waals surface area contributed by atoms with Crippen LogP contribution in [0.25, 0.3) is 0 Å². The Morgan fingerprint density at radius 2 is 2.25 bits per heavy atom. The highest BCUT2D eigenvalue weighted by atomic mass is 35.5. The third-order valence-corrected chi connectivity index (χ3v) is 2.72. The van der Waals surface area contributed by atoms with Gasteiger partial charge in [0.2, 0.25) is 0 Å². The maximum absolute atomic E-state index is 11.6. The maximum atomic E-state index is 11.6. The Hall–Kier alpha value is -1.26. The van der Waals surface area contributed by atoms with E-state index in [1.165, 1.54) is 4.90 Å². The second-order valence-electron chi connectivity index (χ2n) is 3.51. The van der Waals surface area contributed by atoms with Gasteiger partial charge in [-0.2, -0.15) is 0 Å². The van der Waals surface area contributed by atoms with E-state index < -0.39 is 0 Å². The average Bonchev–Trinajstić information content (AvgIpc) is 2.25. The zero-order chi connectivity index (χ0) is 12.1. The first-order valence-electron chi connectivity index (χ1n) is 4.94. The van der Waals surface area contributed by atoms with Crippen molar-refractivity contribution in [1.29, 1.82) is 0 Å². The van der Waals surface area contributed by atoms with Crippen LogP contribution in [0.15, 0.2) is 18.2 Å². The first-order chi connectivity index (χ1) is 7.56. The lowest BCUT2D eigenvalue weighted by molar-refractivity contribution is 0.202. The molecule has 0 aromatic heterocycles. The number of aryl methyl sites for hydroxylation is 1. The summed E-state index contributed by atoms with van der Waals surface area (Å²) in [6.45, 7) is 2.09. The molecule has 0 aliphatic carbocycles. The monoisotopic (exact) mass is 242 g/mol. The molecule has 0 aliphatic rings. The number of nitrogens with zero attached hydrogens (tertiary/aromatic N) is 1. The third-order valence-electron chi connectivity index (χ3n) is 2.22. The smallest absolute Gasteiger partial charge is 0.321 e. The molecular formula is C11H15ClN2O2. The summed E-state index contributed by atoms with van der Waals surface area (Å²) in [5.74, 6) is 0. The van der Waals surface area contributed by atoms with Crippen LogP contribution in [0.2, 0.25) is 5.02 Å². The molecular weight excluding hydrogens is 228 g/mol. The number of aliphatic hydroxyl groups excluding tert-OH is 1. The van der Waals surface area contributed by atoms with Crippen molar-refractivity contribution in [2.45, 2.75) is 6.92 Å². The summed E-state index contributed by atoms with van der Waals surface area (Å²) in [6, 6.07) is 5.14. The van der Waals surface area contributed by atoms with Gasteiger partial charge in [-0.25, -0.2) is 4.79 Å². The predicted octanol–water partition coefficient (Wildman–Crippen LogP) is 2.10. The summed E-state index contributed by atoms with van der Waals surface area (Å²) >= 11 is 6.04. The summed E-state index contributed by atoms with van der Waals surface area (Å²) in [4.78, 5) is 13.0. The number of hydrogen-bond donors (Lipinski definition) is 2. The van der Waals surface area contributed by atoms with Crippen LogP contribution < -0.4 is 5.32 Å². The van der Waals surface area contributed by atoms with E-state index >= 15 is 0 Å². The Labute approximate surface area is 99.8 Å². The van der Waals surface area contributed by atoms with E-state index in [0.29, 0.717) is 10.7 Å². The van der Waals surface area contributed by atoms with Gasteiger partial charge in [-0.15, -0.1) is 0 Å². The lowest BCUT2D eigenvalue weighted by atomic mass is 10.2. The zero-order valence-electron chi connectivity index (χ0n) is 9.33. The molecule has 88 valence electrons. The molecule has 2 amide bonds. The number of carbonyl (C=O) groups is 1. The molecule has 2 N–H and O–H groups in total. The molecule has 0 atom stereocenters. The van der Waals surface area contributed by atoms with Crippen LogP contribution >= 0.6 is 11.6 Å². The van der Waals surface area contributed by atoms with E-state index in [2.05, 4.69) is 5.32 Å². The molecule has 0 unspecified atom stereocenters. The number of halogens is 1. The van der Waals surface area contributed by atoms with Crippen molar-refractivity contribution < 1.29 is 9.90 Å². The van der Waals surface area contributed by atoms with Gasteiger partial charge in [0.25, 0.3) is 0 Å². The van der Waals surface area contributed by atoms with Crippen LogP contribution in [0.5, 0.6) is 0 Å². The van der Waals surface area contributed by atoms with Crippen LogP contribution in [0, 0.1) is 6.92 Å². The molecule has 0 spiro atoms. The number of likely N-dealkylation sites (N-methyl/N-ethyl adjacent to an activating group) is 1. The number of carbonyl (C=O) groups excluding carboxylic acids is 1. The fraction of sp³-hybridized carbons (Fsp3) is 0.364. The molecule has 0 bridgehead atoms. The Balaban J connectivity index is 2.73. The SMILES string of the molecule is Cc1cccc(NC(=O)N(C)CCO)c1Cl. The summed E-state index contributed by atoms with van der Waals surface area (Å²) in [5, 5.41) is 11.9. The largest absolute Gasteiger partial charge is 0.395 e. The Bertz CT molecular complexity index is 382. The molecule has 4 nitrogen and oxygen atoms in total. The van der Waals surface area contributed by atoms with E-state index in [0.717, 1.165) is 5.56 Å². The highest BCUT2D eigenvalue weighted by molar-refractivity contribution is 6.34. The average molecular weight is 243 g/mol. The Kier molecular flexibility index (Phi) is 4.58. The summed E-state index contributed by atoms with van der Waals surface area (Å²) in [6.07, 6.45) is 0. The first kappa shape index (κ1) is 12.8. The number of rotatable bonds is 3. The molecule has 0 saturated heterocycles. The van der Waals surface area contributed by atoms with Gasteiger partial charge in [0.05, 0.1) is 17.3 Å². The molecule has 0 radical (unpaired) electrons. The molecule has 16 heavy (non-hydrogen) atoms. The highest BCUT2D eigenvalue weighted by Crippen LogP contribution is 2.25. The lowest BCUT2D eigenvalue weighted by Gasteiger charge is -2.17. The van der Waals surface area contributed by atoms with Crippen LogP contribution in [0.4, 0.5) is 10.5 Å². The van der Waals surface area contributed by atoms with Crippen molar-refractivity contribution in [3.8, 4) is 0 Å². The third kappa shape index (κ3) is 3.12. The summed E-state index contributed by atoms with van der Waals surface area (Å²) < 4.78 is 0. The highest BCUT2D eigenvalue weighted by Gasteiger charge is 2.10. The molecule has 1 aromatic carbocycles. The fourth-order valence-corrected chi connectivity index (χ4v) is 1.38. The van der Waals surface area contributed by atoms with Crippen molar-refractivity contribution in [3.05, 3.63) is 28.8 Å². The van der Waals surface area contributed by atoms with Crippen LogP contribution in [0.1, 0.15) is 5.56 Å². The molecule has 0 aliphatic heterocycles. The van der Waals surface area contributed by atoms with E-state index in [1.807, 2.05) is 19.1 Å². The number of hydrogen-bond acceptors (Lipinski definition) is 2. The van der Waals surface area contributed by atoms with Crippen molar-refractivity contribution in [2.75, 3.05) is 25.5 Å². The first-order valence-corrected chi connectivity index (χ1v) is 5.32. The minimum Gasteiger partial charge on any atom is -0.395 e. The van der Waals surface area contributed by atoms with Gasteiger partial charge in [0.15, 0.2) is 0 Å². The quantitative estimate of drug-likeness (QED) is 0.853. The zero-order valence-corrected chi connectivity index (χ0v) is 10.1. The van der Waals surface area contributed by atoms with E-state index in [4.69, 9.17) is 16.7 Å². The summed E-state index contributed by atoms with van der Waals surface area (Å²) in [5.41, 5.74) is 1.49. The minimum atomic E-state index is -0.290. The molecule has 0 saturated carbocycles. The van der Waals surface area contributed by atoms with E-state index in [1.54, 1.807) is 13.1 Å². The predicted molar refractivity (Wildman–Crippen MR) is 64.9 cm³/mol. The van der Waals surface area contributed by atoms with Crippen molar-refractivity contribution in [1.82, 2.24) is 4.90 Å². The van der Waals surface area contributed by atoms with Gasteiger partial charge in [-0.3, -0.25) is 0 Å². The topological polar surface area (TPSA) is 52.6 Å². The number of amides is 2. The van der Waals surface area contributed by atoms with Gasteiger partial charge >= 0.3 is 6.03 Å². The Morgan fingerprint density at radius 3 is 2.88 bits per heavy atom. The van der Waals surface area contributed by atoms with Gasteiger partial charge < -0.3 is 15.3 Å². The second-order valence-corrected chi connectivity index (χ2v) is 3.89. The summed E-state index contributed by atoms with van der Waals surface area (Å²) in [7, 11) is 1.61. The van der Waals surface area contributed by atoms with E-state index in [-0.39, 0.29) is 19.2 Å². The second kappa shape index (κ2) is 5.72. The van der Waals surface area contributed by atoms with Gasteiger partial charge in [0, 0.05) is 13.6 Å². The molecule has 1 rings (SSSR count). The van der Waals surface area contributed by atoms with Crippen molar-refractivity contribution in [2.24, 2.45) is 0 Å².